The van der Waals surface area contributed by atoms with Crippen LogP contribution in [0.4, 0.5) is 0 Å². The summed E-state index contributed by atoms with van der Waals surface area (Å²) < 4.78 is 0. The lowest BCUT2D eigenvalue weighted by atomic mass is 10.2. The monoisotopic (exact) mass is 448 g/mol. The third-order valence-corrected chi connectivity index (χ3v) is 23.0. The standard InChI is InChI=1S/C25H22P2S2/c28-26(23-15-7-2-8-16-23,21-22-13-5-1-6-14-22)27(29,24-17-9-3-10-18-24)25-19-11-4-12-20-25/h1-20H,21H2. The summed E-state index contributed by atoms with van der Waals surface area (Å²) >= 11 is 13.4. The van der Waals surface area contributed by atoms with Gasteiger partial charge in [0, 0.05) is 17.6 Å². The van der Waals surface area contributed by atoms with Crippen LogP contribution >= 0.6 is 11.5 Å². The largest absolute Gasteiger partial charge is 0.0860 e. The normalized spacial score (nSPS) is 13.5. The van der Waals surface area contributed by atoms with Crippen molar-refractivity contribution < 1.29 is 0 Å². The van der Waals surface area contributed by atoms with Crippen molar-refractivity contribution in [1.82, 2.24) is 0 Å². The van der Waals surface area contributed by atoms with Gasteiger partial charge in [-0.15, -0.1) is 0 Å². The van der Waals surface area contributed by atoms with Gasteiger partial charge in [-0.25, -0.2) is 0 Å². The first-order valence-electron chi connectivity index (χ1n) is 9.55. The van der Waals surface area contributed by atoms with Gasteiger partial charge in [0.25, 0.3) is 0 Å². The molecule has 0 nitrogen and oxygen atoms in total. The molecule has 0 radical (unpaired) electrons. The molecule has 0 saturated heterocycles. The molecular formula is C25H22P2S2. The van der Waals surface area contributed by atoms with Gasteiger partial charge in [-0.2, -0.15) is 0 Å². The van der Waals surface area contributed by atoms with Crippen molar-refractivity contribution in [2.24, 2.45) is 0 Å². The number of benzene rings is 4. The van der Waals surface area contributed by atoms with Crippen molar-refractivity contribution in [3.63, 3.8) is 0 Å². The van der Waals surface area contributed by atoms with Crippen molar-refractivity contribution in [2.75, 3.05) is 0 Å². The summed E-state index contributed by atoms with van der Waals surface area (Å²) in [5.41, 5.74) is -3.21. The summed E-state index contributed by atoms with van der Waals surface area (Å²) in [6.07, 6.45) is 0.828. The first kappa shape index (κ1) is 20.5. The Morgan fingerprint density at radius 2 is 0.793 bits per heavy atom. The molecule has 1 unspecified atom stereocenters. The van der Waals surface area contributed by atoms with Gasteiger partial charge in [-0.1, -0.05) is 145 Å². The zero-order chi connectivity index (χ0) is 20.2. The predicted molar refractivity (Wildman–Crippen MR) is 137 cm³/mol. The average molecular weight is 449 g/mol. The Kier molecular flexibility index (Phi) is 6.28. The van der Waals surface area contributed by atoms with Gasteiger partial charge >= 0.3 is 0 Å². The molecule has 0 aliphatic heterocycles. The Labute approximate surface area is 183 Å². The maximum absolute atomic E-state index is 6.71. The molecule has 0 saturated carbocycles. The van der Waals surface area contributed by atoms with Crippen molar-refractivity contribution in [2.45, 2.75) is 6.16 Å². The molecule has 0 bridgehead atoms. The number of rotatable bonds is 6. The highest BCUT2D eigenvalue weighted by Gasteiger charge is 2.39. The maximum Gasteiger partial charge on any atom is 0.0454 e. The Hall–Kier alpha value is -1.82. The van der Waals surface area contributed by atoms with Crippen LogP contribution in [0.1, 0.15) is 5.56 Å². The Balaban J connectivity index is 2.02. The summed E-state index contributed by atoms with van der Waals surface area (Å²) in [5.74, 6) is 0. The minimum atomic E-state index is -2.27. The smallest absolute Gasteiger partial charge is 0.0454 e. The Morgan fingerprint density at radius 1 is 0.448 bits per heavy atom. The van der Waals surface area contributed by atoms with Crippen LogP contribution in [-0.4, -0.2) is 0 Å². The summed E-state index contributed by atoms with van der Waals surface area (Å²) in [6, 6.07) is 42.4. The molecule has 4 rings (SSSR count). The lowest BCUT2D eigenvalue weighted by Crippen LogP contribution is -2.21. The Bertz CT molecular complexity index is 1120. The number of hydrogen-bond acceptors (Lipinski definition) is 2. The summed E-state index contributed by atoms with van der Waals surface area (Å²) in [4.78, 5) is 0. The summed E-state index contributed by atoms with van der Waals surface area (Å²) in [5, 5.41) is 3.66. The minimum Gasteiger partial charge on any atom is -0.0860 e. The fraction of sp³-hybridized carbons (Fsp3) is 0.0400. The highest BCUT2D eigenvalue weighted by Crippen LogP contribution is 2.80. The van der Waals surface area contributed by atoms with E-state index in [1.807, 2.05) is 0 Å². The van der Waals surface area contributed by atoms with E-state index in [0.29, 0.717) is 0 Å². The van der Waals surface area contributed by atoms with Crippen molar-refractivity contribution in [3.8, 4) is 0 Å². The second-order valence-electron chi connectivity index (χ2n) is 6.93. The molecule has 0 N–H and O–H groups in total. The first-order chi connectivity index (χ1) is 14.1. The fourth-order valence-corrected chi connectivity index (χ4v) is 18.0. The van der Waals surface area contributed by atoms with Crippen LogP contribution in [0.25, 0.3) is 0 Å². The Morgan fingerprint density at radius 3 is 1.21 bits per heavy atom. The van der Waals surface area contributed by atoms with Crippen LogP contribution in [0.5, 0.6) is 0 Å². The molecule has 0 aliphatic rings. The third kappa shape index (κ3) is 3.96. The first-order valence-corrected chi connectivity index (χ1v) is 16.0. The molecule has 0 spiro atoms. The maximum atomic E-state index is 6.71. The molecule has 0 amide bonds. The highest BCUT2D eigenvalue weighted by atomic mass is 32.8. The van der Waals surface area contributed by atoms with Crippen LogP contribution in [-0.2, 0) is 29.8 Å². The lowest BCUT2D eigenvalue weighted by molar-refractivity contribution is 1.41. The molecular weight excluding hydrogens is 426 g/mol. The van der Waals surface area contributed by atoms with E-state index in [1.165, 1.54) is 21.5 Å². The van der Waals surface area contributed by atoms with Crippen molar-refractivity contribution >= 4 is 51.0 Å². The molecule has 144 valence electrons. The van der Waals surface area contributed by atoms with E-state index in [4.69, 9.17) is 23.6 Å². The van der Waals surface area contributed by atoms with E-state index in [0.717, 1.165) is 6.16 Å². The molecule has 0 heterocycles. The van der Waals surface area contributed by atoms with Gasteiger partial charge in [-0.05, 0) is 21.5 Å². The zero-order valence-electron chi connectivity index (χ0n) is 16.0. The predicted octanol–water partition coefficient (Wildman–Crippen LogP) is 6.04. The molecule has 0 aromatic heterocycles. The average Bonchev–Trinajstić information content (AvgIpc) is 2.81. The lowest BCUT2D eigenvalue weighted by Gasteiger charge is -2.36. The van der Waals surface area contributed by atoms with Gasteiger partial charge in [0.15, 0.2) is 0 Å². The van der Waals surface area contributed by atoms with Gasteiger partial charge in [-0.3, -0.25) is 0 Å². The van der Waals surface area contributed by atoms with Crippen LogP contribution in [0.2, 0.25) is 0 Å². The van der Waals surface area contributed by atoms with E-state index >= 15 is 0 Å². The van der Waals surface area contributed by atoms with Gasteiger partial charge in [0.05, 0.1) is 0 Å². The van der Waals surface area contributed by atoms with Gasteiger partial charge in [0.2, 0.25) is 0 Å². The third-order valence-electron chi connectivity index (χ3n) is 5.07. The zero-order valence-corrected chi connectivity index (χ0v) is 19.4. The second-order valence-corrected chi connectivity index (χ2v) is 20.3. The molecule has 1 atom stereocenters. The molecule has 0 fully saturated rings. The van der Waals surface area contributed by atoms with E-state index in [2.05, 4.69) is 121 Å². The molecule has 4 aromatic carbocycles. The summed E-state index contributed by atoms with van der Waals surface area (Å²) in [7, 11) is 0. The highest BCUT2D eigenvalue weighted by molar-refractivity contribution is 8.72. The van der Waals surface area contributed by atoms with E-state index in [1.54, 1.807) is 0 Å². The van der Waals surface area contributed by atoms with Crippen molar-refractivity contribution in [1.29, 1.82) is 0 Å². The van der Waals surface area contributed by atoms with Crippen LogP contribution < -0.4 is 15.9 Å². The molecule has 4 aromatic rings. The van der Waals surface area contributed by atoms with Gasteiger partial charge < -0.3 is 0 Å². The van der Waals surface area contributed by atoms with Crippen LogP contribution in [0.3, 0.4) is 0 Å². The topological polar surface area (TPSA) is 0 Å². The van der Waals surface area contributed by atoms with E-state index < -0.39 is 11.5 Å². The fourth-order valence-electron chi connectivity index (χ4n) is 3.63. The van der Waals surface area contributed by atoms with Crippen LogP contribution in [0, 0.1) is 0 Å². The quantitative estimate of drug-likeness (QED) is 0.330. The van der Waals surface area contributed by atoms with Gasteiger partial charge in [0.1, 0.15) is 0 Å². The minimum absolute atomic E-state index is 0.828. The SMILES string of the molecule is S=P(Cc1ccccc1)(c1ccccc1)P(=S)(c1ccccc1)c1ccccc1. The van der Waals surface area contributed by atoms with Crippen LogP contribution in [0.15, 0.2) is 121 Å². The summed E-state index contributed by atoms with van der Waals surface area (Å²) in [6.45, 7) is 0. The molecule has 29 heavy (non-hydrogen) atoms. The van der Waals surface area contributed by atoms with Crippen molar-refractivity contribution in [3.05, 3.63) is 127 Å². The van der Waals surface area contributed by atoms with E-state index in [-0.39, 0.29) is 0 Å². The molecule has 4 heteroatoms. The van der Waals surface area contributed by atoms with E-state index in [9.17, 15) is 0 Å². The second kappa shape index (κ2) is 8.90. The molecule has 0 aliphatic carbocycles. The number of hydrogen-bond donors (Lipinski definition) is 0.